The summed E-state index contributed by atoms with van der Waals surface area (Å²) >= 11 is 6.00. The summed E-state index contributed by atoms with van der Waals surface area (Å²) in [5, 5.41) is 3.48. The van der Waals surface area contributed by atoms with Crippen LogP contribution in [0.1, 0.15) is 29.6 Å². The van der Waals surface area contributed by atoms with E-state index >= 15 is 0 Å². The van der Waals surface area contributed by atoms with Gasteiger partial charge in [0.2, 0.25) is 5.91 Å². The van der Waals surface area contributed by atoms with E-state index in [9.17, 15) is 14.0 Å². The third-order valence-electron chi connectivity index (χ3n) is 6.13. The van der Waals surface area contributed by atoms with Gasteiger partial charge in [-0.1, -0.05) is 11.6 Å². The average Bonchev–Trinajstić information content (AvgIpc) is 3.34. The van der Waals surface area contributed by atoms with E-state index in [1.54, 1.807) is 4.90 Å². The molecule has 3 aliphatic rings. The molecule has 1 aromatic rings. The molecule has 5 nitrogen and oxygen atoms in total. The second kappa shape index (κ2) is 6.82. The van der Waals surface area contributed by atoms with Crippen LogP contribution >= 0.6 is 11.6 Å². The summed E-state index contributed by atoms with van der Waals surface area (Å²) in [6.45, 7) is 4.08. The minimum atomic E-state index is -0.460. The maximum atomic E-state index is 13.2. The first kappa shape index (κ1) is 17.7. The molecule has 1 aliphatic carbocycles. The second-order valence-electron chi connectivity index (χ2n) is 7.61. The molecule has 2 saturated heterocycles. The van der Waals surface area contributed by atoms with Crippen molar-refractivity contribution in [2.24, 2.45) is 11.3 Å². The van der Waals surface area contributed by atoms with Gasteiger partial charge in [-0.25, -0.2) is 4.39 Å². The lowest BCUT2D eigenvalue weighted by Gasteiger charge is -2.35. The normalized spacial score (nSPS) is 24.6. The number of hydrogen-bond acceptors (Lipinski definition) is 3. The molecule has 140 valence electrons. The minimum absolute atomic E-state index is 0.124. The van der Waals surface area contributed by atoms with Crippen molar-refractivity contribution < 1.29 is 14.0 Å². The number of carbonyl (C=O) groups is 2. The Hall–Kier alpha value is -1.66. The molecule has 0 radical (unpaired) electrons. The maximum Gasteiger partial charge on any atom is 0.255 e. The van der Waals surface area contributed by atoms with Gasteiger partial charge in [0.25, 0.3) is 5.91 Å². The van der Waals surface area contributed by atoms with E-state index in [4.69, 9.17) is 11.6 Å². The highest BCUT2D eigenvalue weighted by Gasteiger charge is 2.58. The molecule has 1 atom stereocenters. The molecule has 0 aromatic heterocycles. The number of piperazine rings is 1. The third kappa shape index (κ3) is 3.21. The zero-order valence-electron chi connectivity index (χ0n) is 14.6. The van der Waals surface area contributed by atoms with Crippen LogP contribution in [-0.2, 0) is 4.79 Å². The molecule has 7 heteroatoms. The molecule has 3 fully saturated rings. The number of nitrogens with one attached hydrogen (secondary N) is 1. The van der Waals surface area contributed by atoms with Gasteiger partial charge < -0.3 is 15.1 Å². The van der Waals surface area contributed by atoms with Gasteiger partial charge in [0, 0.05) is 32.1 Å². The molecular formula is C19H23ClFN3O2. The Kier molecular flexibility index (Phi) is 4.65. The van der Waals surface area contributed by atoms with Gasteiger partial charge >= 0.3 is 0 Å². The predicted molar refractivity (Wildman–Crippen MR) is 96.5 cm³/mol. The Morgan fingerprint density at radius 2 is 1.77 bits per heavy atom. The highest BCUT2D eigenvalue weighted by molar-refractivity contribution is 6.33. The van der Waals surface area contributed by atoms with Gasteiger partial charge in [0.05, 0.1) is 10.6 Å². The van der Waals surface area contributed by atoms with E-state index in [0.717, 1.165) is 38.4 Å². The van der Waals surface area contributed by atoms with Gasteiger partial charge in [-0.05, 0) is 56.0 Å². The van der Waals surface area contributed by atoms with Crippen LogP contribution in [0.3, 0.4) is 0 Å². The highest BCUT2D eigenvalue weighted by atomic mass is 35.5. The Morgan fingerprint density at radius 1 is 1.12 bits per heavy atom. The summed E-state index contributed by atoms with van der Waals surface area (Å²) in [6, 6.07) is 3.81. The molecule has 26 heavy (non-hydrogen) atoms. The van der Waals surface area contributed by atoms with Gasteiger partial charge in [-0.15, -0.1) is 0 Å². The van der Waals surface area contributed by atoms with Crippen LogP contribution in [0.25, 0.3) is 0 Å². The first-order chi connectivity index (χ1) is 12.5. The maximum absolute atomic E-state index is 13.2. The van der Waals surface area contributed by atoms with Crippen molar-refractivity contribution in [1.29, 1.82) is 0 Å². The SMILES string of the molecule is O=C(c1ccc(F)cc1Cl)N1CCN(C(=O)C2CC23CCNCC3)CC1. The first-order valence-corrected chi connectivity index (χ1v) is 9.62. The van der Waals surface area contributed by atoms with E-state index in [1.165, 1.54) is 12.1 Å². The lowest BCUT2D eigenvalue weighted by molar-refractivity contribution is -0.135. The fourth-order valence-electron chi connectivity index (χ4n) is 4.36. The number of rotatable bonds is 2. The number of benzene rings is 1. The fourth-order valence-corrected chi connectivity index (χ4v) is 4.61. The summed E-state index contributed by atoms with van der Waals surface area (Å²) in [5.74, 6) is -0.251. The van der Waals surface area contributed by atoms with E-state index in [1.807, 2.05) is 4.90 Å². The molecule has 2 aliphatic heterocycles. The topological polar surface area (TPSA) is 52.7 Å². The number of halogens is 2. The van der Waals surface area contributed by atoms with Gasteiger partial charge in [-0.3, -0.25) is 9.59 Å². The summed E-state index contributed by atoms with van der Waals surface area (Å²) in [7, 11) is 0. The Balaban J connectivity index is 1.34. The standard InChI is InChI=1S/C19H23ClFN3O2/c20-16-11-13(21)1-2-14(16)17(25)23-7-9-24(10-8-23)18(26)15-12-19(15)3-5-22-6-4-19/h1-2,11,15,22H,3-10,12H2. The minimum Gasteiger partial charge on any atom is -0.339 e. The van der Waals surface area contributed by atoms with E-state index in [2.05, 4.69) is 5.32 Å². The molecule has 1 N–H and O–H groups in total. The zero-order chi connectivity index (χ0) is 18.3. The van der Waals surface area contributed by atoms with Crippen LogP contribution in [0.5, 0.6) is 0 Å². The van der Waals surface area contributed by atoms with Crippen molar-refractivity contribution in [2.45, 2.75) is 19.3 Å². The molecule has 1 aromatic carbocycles. The molecule has 1 unspecified atom stereocenters. The molecule has 0 bridgehead atoms. The van der Waals surface area contributed by atoms with E-state index in [-0.39, 0.29) is 28.2 Å². The summed E-state index contributed by atoms with van der Waals surface area (Å²) in [6.07, 6.45) is 3.19. The highest BCUT2D eigenvalue weighted by Crippen LogP contribution is 2.59. The number of nitrogens with zero attached hydrogens (tertiary/aromatic N) is 2. The van der Waals surface area contributed by atoms with Crippen LogP contribution in [0.4, 0.5) is 4.39 Å². The van der Waals surface area contributed by atoms with Crippen LogP contribution in [0.2, 0.25) is 5.02 Å². The van der Waals surface area contributed by atoms with E-state index < -0.39 is 5.82 Å². The Bertz CT molecular complexity index is 727. The summed E-state index contributed by atoms with van der Waals surface area (Å²) in [4.78, 5) is 29.0. The Labute approximate surface area is 157 Å². The first-order valence-electron chi connectivity index (χ1n) is 9.24. The van der Waals surface area contributed by atoms with Crippen molar-refractivity contribution in [3.05, 3.63) is 34.6 Å². The lowest BCUT2D eigenvalue weighted by Crippen LogP contribution is -2.51. The van der Waals surface area contributed by atoms with Crippen LogP contribution in [0, 0.1) is 17.2 Å². The van der Waals surface area contributed by atoms with Gasteiger partial charge in [0.1, 0.15) is 5.82 Å². The lowest BCUT2D eigenvalue weighted by atomic mass is 9.91. The smallest absolute Gasteiger partial charge is 0.255 e. The average molecular weight is 380 g/mol. The van der Waals surface area contributed by atoms with Gasteiger partial charge in [-0.2, -0.15) is 0 Å². The predicted octanol–water partition coefficient (Wildman–Crippen LogP) is 2.15. The van der Waals surface area contributed by atoms with Crippen LogP contribution in [0.15, 0.2) is 18.2 Å². The van der Waals surface area contributed by atoms with Crippen molar-refractivity contribution >= 4 is 23.4 Å². The molecule has 1 spiro atoms. The number of piperidine rings is 1. The number of hydrogen-bond donors (Lipinski definition) is 1. The fraction of sp³-hybridized carbons (Fsp3) is 0.579. The summed E-state index contributed by atoms with van der Waals surface area (Å²) < 4.78 is 13.2. The molecular weight excluding hydrogens is 357 g/mol. The third-order valence-corrected chi connectivity index (χ3v) is 6.44. The number of carbonyl (C=O) groups excluding carboxylic acids is 2. The van der Waals surface area contributed by atoms with E-state index in [0.29, 0.717) is 31.7 Å². The van der Waals surface area contributed by atoms with Crippen molar-refractivity contribution in [3.8, 4) is 0 Å². The molecule has 1 saturated carbocycles. The molecule has 2 amide bonds. The van der Waals surface area contributed by atoms with Crippen molar-refractivity contribution in [3.63, 3.8) is 0 Å². The zero-order valence-corrected chi connectivity index (χ0v) is 15.4. The Morgan fingerprint density at radius 3 is 2.42 bits per heavy atom. The number of amides is 2. The summed E-state index contributed by atoms with van der Waals surface area (Å²) in [5.41, 5.74) is 0.542. The van der Waals surface area contributed by atoms with Crippen LogP contribution in [-0.4, -0.2) is 60.9 Å². The molecule has 2 heterocycles. The monoisotopic (exact) mass is 379 g/mol. The largest absolute Gasteiger partial charge is 0.339 e. The van der Waals surface area contributed by atoms with Gasteiger partial charge in [0.15, 0.2) is 0 Å². The van der Waals surface area contributed by atoms with Crippen molar-refractivity contribution in [1.82, 2.24) is 15.1 Å². The van der Waals surface area contributed by atoms with Crippen LogP contribution < -0.4 is 5.32 Å². The van der Waals surface area contributed by atoms with Crippen molar-refractivity contribution in [2.75, 3.05) is 39.3 Å². The second-order valence-corrected chi connectivity index (χ2v) is 8.02. The quantitative estimate of drug-likeness (QED) is 0.856. The molecule has 4 rings (SSSR count).